The minimum absolute atomic E-state index is 0.0583. The first-order valence-electron chi connectivity index (χ1n) is 6.05. The molecule has 2 aromatic rings. The lowest BCUT2D eigenvalue weighted by atomic mass is 10.1. The molecule has 1 atom stereocenters. The van der Waals surface area contributed by atoms with Crippen LogP contribution in [-0.4, -0.2) is 11.9 Å². The monoisotopic (exact) mass is 340 g/mol. The summed E-state index contributed by atoms with van der Waals surface area (Å²) in [5.74, 6) is -0.0878. The maximum Gasteiger partial charge on any atom is 0.252 e. The molecule has 0 aliphatic heterocycles. The molecule has 2 rings (SSSR count). The van der Waals surface area contributed by atoms with E-state index in [1.54, 1.807) is 12.3 Å². The molecule has 0 spiro atoms. The number of benzene rings is 1. The Bertz CT molecular complexity index is 614. The lowest BCUT2D eigenvalue weighted by Gasteiger charge is -2.14. The van der Waals surface area contributed by atoms with Crippen molar-refractivity contribution in [2.75, 3.05) is 5.73 Å². The van der Waals surface area contributed by atoms with Gasteiger partial charge in [0.15, 0.2) is 0 Å². The first kappa shape index (κ1) is 14.6. The minimum Gasteiger partial charge on any atom is -0.469 e. The Kier molecular flexibility index (Phi) is 4.44. The molecule has 20 heavy (non-hydrogen) atoms. The summed E-state index contributed by atoms with van der Waals surface area (Å²) in [7, 11) is 0. The Balaban J connectivity index is 2.06. The molecule has 3 N–H and O–H groups in total. The van der Waals surface area contributed by atoms with E-state index in [0.717, 1.165) is 5.76 Å². The van der Waals surface area contributed by atoms with Crippen LogP contribution in [0.5, 0.6) is 0 Å². The van der Waals surface area contributed by atoms with Crippen LogP contribution in [0.25, 0.3) is 0 Å². The molecular formula is C14H14BrFN2O2. The van der Waals surface area contributed by atoms with Gasteiger partial charge in [0.25, 0.3) is 5.91 Å². The Morgan fingerprint density at radius 1 is 1.55 bits per heavy atom. The highest BCUT2D eigenvalue weighted by molar-refractivity contribution is 9.10. The van der Waals surface area contributed by atoms with Gasteiger partial charge < -0.3 is 15.5 Å². The highest BCUT2D eigenvalue weighted by atomic mass is 79.9. The third kappa shape index (κ3) is 3.39. The summed E-state index contributed by atoms with van der Waals surface area (Å²) in [5.41, 5.74) is 5.72. The molecule has 0 bridgehead atoms. The summed E-state index contributed by atoms with van der Waals surface area (Å²) in [5, 5.41) is 2.82. The van der Waals surface area contributed by atoms with Gasteiger partial charge in [0.2, 0.25) is 0 Å². The molecule has 0 radical (unpaired) electrons. The molecule has 106 valence electrons. The van der Waals surface area contributed by atoms with E-state index in [0.29, 0.717) is 16.5 Å². The summed E-state index contributed by atoms with van der Waals surface area (Å²) in [6.45, 7) is 1.86. The van der Waals surface area contributed by atoms with Crippen LogP contribution < -0.4 is 11.1 Å². The van der Waals surface area contributed by atoms with E-state index < -0.39 is 5.82 Å². The highest BCUT2D eigenvalue weighted by Gasteiger charge is 2.16. The fourth-order valence-electron chi connectivity index (χ4n) is 1.82. The van der Waals surface area contributed by atoms with Gasteiger partial charge >= 0.3 is 0 Å². The standard InChI is InChI=1S/C14H14BrFN2O2/c1-8(5-9-3-2-4-20-9)18-14(19)10-6-13(17)12(16)7-11(10)15/h2-4,6-8H,5,17H2,1H3,(H,18,19). The highest BCUT2D eigenvalue weighted by Crippen LogP contribution is 2.23. The number of amides is 1. The number of halogens is 2. The quantitative estimate of drug-likeness (QED) is 0.840. The summed E-state index contributed by atoms with van der Waals surface area (Å²) in [6.07, 6.45) is 2.16. The Morgan fingerprint density at radius 2 is 2.30 bits per heavy atom. The molecule has 1 aromatic heterocycles. The summed E-state index contributed by atoms with van der Waals surface area (Å²) < 4.78 is 18.8. The van der Waals surface area contributed by atoms with Crippen LogP contribution in [0.15, 0.2) is 39.4 Å². The van der Waals surface area contributed by atoms with Crippen molar-refractivity contribution in [2.45, 2.75) is 19.4 Å². The van der Waals surface area contributed by atoms with Crippen molar-refractivity contribution in [3.63, 3.8) is 0 Å². The molecule has 0 aliphatic carbocycles. The number of nitrogens with one attached hydrogen (secondary N) is 1. The van der Waals surface area contributed by atoms with Crippen LogP contribution in [0.1, 0.15) is 23.0 Å². The molecule has 0 aliphatic rings. The summed E-state index contributed by atoms with van der Waals surface area (Å²) in [4.78, 5) is 12.1. The normalized spacial score (nSPS) is 12.2. The SMILES string of the molecule is CC(Cc1ccco1)NC(=O)c1cc(N)c(F)cc1Br. The number of nitrogens with two attached hydrogens (primary N) is 1. The average Bonchev–Trinajstić information content (AvgIpc) is 2.86. The maximum absolute atomic E-state index is 13.2. The number of carbonyl (C=O) groups excluding carboxylic acids is 1. The molecule has 6 heteroatoms. The molecule has 0 saturated heterocycles. The summed E-state index contributed by atoms with van der Waals surface area (Å²) in [6, 6.07) is 6.01. The Labute approximate surface area is 124 Å². The van der Waals surface area contributed by atoms with Crippen molar-refractivity contribution in [3.8, 4) is 0 Å². The zero-order valence-corrected chi connectivity index (χ0v) is 12.4. The van der Waals surface area contributed by atoms with Gasteiger partial charge in [-0.3, -0.25) is 4.79 Å². The third-order valence-corrected chi connectivity index (χ3v) is 3.45. The van der Waals surface area contributed by atoms with Gasteiger partial charge in [-0.15, -0.1) is 0 Å². The lowest BCUT2D eigenvalue weighted by Crippen LogP contribution is -2.34. The number of rotatable bonds is 4. The molecular weight excluding hydrogens is 327 g/mol. The topological polar surface area (TPSA) is 68.3 Å². The lowest BCUT2D eigenvalue weighted by molar-refractivity contribution is 0.0938. The number of nitrogen functional groups attached to an aromatic ring is 1. The maximum atomic E-state index is 13.2. The number of hydrogen-bond acceptors (Lipinski definition) is 3. The van der Waals surface area contributed by atoms with Crippen LogP contribution in [-0.2, 0) is 6.42 Å². The van der Waals surface area contributed by atoms with Crippen LogP contribution in [0.3, 0.4) is 0 Å². The van der Waals surface area contributed by atoms with E-state index >= 15 is 0 Å². The average molecular weight is 341 g/mol. The van der Waals surface area contributed by atoms with Crippen LogP contribution in [0, 0.1) is 5.82 Å². The van der Waals surface area contributed by atoms with E-state index in [9.17, 15) is 9.18 Å². The van der Waals surface area contributed by atoms with Crippen molar-refractivity contribution in [3.05, 3.63) is 52.1 Å². The molecule has 4 nitrogen and oxygen atoms in total. The van der Waals surface area contributed by atoms with Crippen LogP contribution >= 0.6 is 15.9 Å². The predicted molar refractivity (Wildman–Crippen MR) is 77.9 cm³/mol. The molecule has 1 unspecified atom stereocenters. The van der Waals surface area contributed by atoms with Gasteiger partial charge in [0.1, 0.15) is 11.6 Å². The zero-order chi connectivity index (χ0) is 14.7. The van der Waals surface area contributed by atoms with E-state index in [2.05, 4.69) is 21.2 Å². The predicted octanol–water partition coefficient (Wildman–Crippen LogP) is 3.12. The molecule has 0 saturated carbocycles. The Morgan fingerprint density at radius 3 is 2.95 bits per heavy atom. The molecule has 1 heterocycles. The van der Waals surface area contributed by atoms with Crippen LogP contribution in [0.4, 0.5) is 10.1 Å². The first-order valence-corrected chi connectivity index (χ1v) is 6.84. The number of anilines is 1. The second-order valence-electron chi connectivity index (χ2n) is 4.51. The number of furan rings is 1. The van der Waals surface area contributed by atoms with E-state index in [1.807, 2.05) is 13.0 Å². The van der Waals surface area contributed by atoms with E-state index in [1.165, 1.54) is 12.1 Å². The second-order valence-corrected chi connectivity index (χ2v) is 5.37. The van der Waals surface area contributed by atoms with Crippen molar-refractivity contribution in [2.24, 2.45) is 0 Å². The van der Waals surface area contributed by atoms with Crippen molar-refractivity contribution in [1.82, 2.24) is 5.32 Å². The second kappa shape index (κ2) is 6.09. The number of carbonyl (C=O) groups is 1. The minimum atomic E-state index is -0.558. The van der Waals surface area contributed by atoms with E-state index in [-0.39, 0.29) is 17.6 Å². The van der Waals surface area contributed by atoms with Gasteiger partial charge in [-0.25, -0.2) is 4.39 Å². The zero-order valence-electron chi connectivity index (χ0n) is 10.8. The van der Waals surface area contributed by atoms with Gasteiger partial charge in [-0.05, 0) is 47.1 Å². The van der Waals surface area contributed by atoms with Gasteiger partial charge in [0, 0.05) is 16.9 Å². The van der Waals surface area contributed by atoms with Crippen molar-refractivity contribution in [1.29, 1.82) is 0 Å². The molecule has 0 fully saturated rings. The Hall–Kier alpha value is -1.82. The fourth-order valence-corrected chi connectivity index (χ4v) is 2.32. The molecule has 1 aromatic carbocycles. The van der Waals surface area contributed by atoms with Crippen LogP contribution in [0.2, 0.25) is 0 Å². The summed E-state index contributed by atoms with van der Waals surface area (Å²) >= 11 is 3.16. The fraction of sp³-hybridized carbons (Fsp3) is 0.214. The van der Waals surface area contributed by atoms with Crippen molar-refractivity contribution < 1.29 is 13.6 Å². The smallest absolute Gasteiger partial charge is 0.252 e. The molecule has 1 amide bonds. The van der Waals surface area contributed by atoms with Gasteiger partial charge in [0.05, 0.1) is 17.5 Å². The largest absolute Gasteiger partial charge is 0.469 e. The number of hydrogen-bond donors (Lipinski definition) is 2. The van der Waals surface area contributed by atoms with Crippen molar-refractivity contribution >= 4 is 27.5 Å². The van der Waals surface area contributed by atoms with E-state index in [4.69, 9.17) is 10.2 Å². The first-order chi connectivity index (χ1) is 9.47. The third-order valence-electron chi connectivity index (χ3n) is 2.80. The van der Waals surface area contributed by atoms with Gasteiger partial charge in [-0.1, -0.05) is 0 Å². The van der Waals surface area contributed by atoms with Gasteiger partial charge in [-0.2, -0.15) is 0 Å².